The Balaban J connectivity index is 1.94. The van der Waals surface area contributed by atoms with Crippen LogP contribution in [0.4, 0.5) is 29.0 Å². The number of nitrogens with zero attached hydrogens (tertiary/aromatic N) is 5. The number of nitro groups is 1. The Hall–Kier alpha value is -3.33. The summed E-state index contributed by atoms with van der Waals surface area (Å²) in [5, 5.41) is 17.6. The second-order valence-electron chi connectivity index (χ2n) is 5.01. The van der Waals surface area contributed by atoms with E-state index in [0.29, 0.717) is 16.7 Å². The number of anilines is 4. The van der Waals surface area contributed by atoms with Crippen LogP contribution >= 0.6 is 11.6 Å². The van der Waals surface area contributed by atoms with Crippen molar-refractivity contribution in [2.75, 3.05) is 10.6 Å². The molecule has 0 aliphatic rings. The first-order chi connectivity index (χ1) is 12.0. The summed E-state index contributed by atoms with van der Waals surface area (Å²) >= 11 is 5.78. The third-order valence-electron chi connectivity index (χ3n) is 3.14. The molecule has 0 saturated carbocycles. The number of nitrogens with one attached hydrogen (secondary N) is 2. The SMILES string of the molecule is Cc1ccc(Nc2ncnc(Nc3ccc(Cl)cn3)c2[N+](=O)[O-])nc1. The van der Waals surface area contributed by atoms with E-state index in [1.54, 1.807) is 24.4 Å². The molecule has 2 N–H and O–H groups in total. The highest BCUT2D eigenvalue weighted by Crippen LogP contribution is 2.32. The van der Waals surface area contributed by atoms with E-state index in [0.717, 1.165) is 5.56 Å². The van der Waals surface area contributed by atoms with E-state index in [-0.39, 0.29) is 17.3 Å². The number of hydrogen-bond donors (Lipinski definition) is 2. The smallest absolute Gasteiger partial charge is 0.319 e. The first kappa shape index (κ1) is 16.5. The maximum atomic E-state index is 11.5. The predicted molar refractivity (Wildman–Crippen MR) is 93.5 cm³/mol. The topological polar surface area (TPSA) is 119 Å². The van der Waals surface area contributed by atoms with E-state index in [4.69, 9.17) is 11.6 Å². The van der Waals surface area contributed by atoms with Crippen LogP contribution in [-0.4, -0.2) is 24.9 Å². The van der Waals surface area contributed by atoms with E-state index in [1.165, 1.54) is 12.5 Å². The summed E-state index contributed by atoms with van der Waals surface area (Å²) in [7, 11) is 0. The number of hydrogen-bond acceptors (Lipinski definition) is 8. The van der Waals surface area contributed by atoms with Gasteiger partial charge in [0.25, 0.3) is 0 Å². The molecule has 3 aromatic rings. The van der Waals surface area contributed by atoms with Crippen LogP contribution in [0.3, 0.4) is 0 Å². The molecule has 0 atom stereocenters. The molecule has 0 aliphatic heterocycles. The van der Waals surface area contributed by atoms with Crippen molar-refractivity contribution in [2.45, 2.75) is 6.92 Å². The van der Waals surface area contributed by atoms with Gasteiger partial charge >= 0.3 is 5.69 Å². The van der Waals surface area contributed by atoms with Gasteiger partial charge in [-0.25, -0.2) is 19.9 Å². The van der Waals surface area contributed by atoms with Crippen LogP contribution in [0.2, 0.25) is 5.02 Å². The quantitative estimate of drug-likeness (QED) is 0.524. The minimum atomic E-state index is -0.575. The molecule has 0 fully saturated rings. The van der Waals surface area contributed by atoms with Crippen LogP contribution in [0.25, 0.3) is 0 Å². The zero-order valence-electron chi connectivity index (χ0n) is 13.0. The molecule has 0 bridgehead atoms. The van der Waals surface area contributed by atoms with Crippen molar-refractivity contribution in [3.05, 3.63) is 63.7 Å². The number of pyridine rings is 2. The average Bonchev–Trinajstić information content (AvgIpc) is 2.59. The summed E-state index contributed by atoms with van der Waals surface area (Å²) in [4.78, 5) is 27.0. The molecule has 0 unspecified atom stereocenters. The third kappa shape index (κ3) is 3.96. The predicted octanol–water partition coefficient (Wildman–Crippen LogP) is 3.62. The maximum absolute atomic E-state index is 11.5. The van der Waals surface area contributed by atoms with Gasteiger partial charge in [-0.05, 0) is 30.7 Å². The maximum Gasteiger partial charge on any atom is 0.354 e. The fourth-order valence-corrected chi connectivity index (χ4v) is 2.08. The molecule has 3 rings (SSSR count). The molecule has 0 radical (unpaired) electrons. The first-order valence-corrected chi connectivity index (χ1v) is 7.48. The third-order valence-corrected chi connectivity index (χ3v) is 3.36. The van der Waals surface area contributed by atoms with Gasteiger partial charge in [-0.3, -0.25) is 10.1 Å². The molecule has 0 amide bonds. The summed E-state index contributed by atoms with van der Waals surface area (Å²) in [6.07, 6.45) is 4.28. The lowest BCUT2D eigenvalue weighted by atomic mass is 10.3. The van der Waals surface area contributed by atoms with Gasteiger partial charge in [-0.1, -0.05) is 17.7 Å². The summed E-state index contributed by atoms with van der Waals surface area (Å²) in [5.41, 5.74) is 0.653. The van der Waals surface area contributed by atoms with Gasteiger partial charge in [0.15, 0.2) is 0 Å². The molecule has 9 nitrogen and oxygen atoms in total. The molecule has 3 aromatic heterocycles. The van der Waals surface area contributed by atoms with Gasteiger partial charge in [0.2, 0.25) is 11.6 Å². The molecule has 0 saturated heterocycles. The Bertz CT molecular complexity index is 835. The van der Waals surface area contributed by atoms with Gasteiger partial charge in [-0.15, -0.1) is 0 Å². The van der Waals surface area contributed by atoms with Gasteiger partial charge in [0.05, 0.1) is 9.95 Å². The zero-order chi connectivity index (χ0) is 17.8. The summed E-state index contributed by atoms with van der Waals surface area (Å²) in [5.74, 6) is 0.825. The minimum absolute atomic E-state index is 0.00411. The lowest BCUT2D eigenvalue weighted by molar-refractivity contribution is -0.383. The van der Waals surface area contributed by atoms with Crippen molar-refractivity contribution in [2.24, 2.45) is 0 Å². The van der Waals surface area contributed by atoms with E-state index in [2.05, 4.69) is 30.6 Å². The minimum Gasteiger partial charge on any atom is -0.319 e. The lowest BCUT2D eigenvalue weighted by Crippen LogP contribution is -2.06. The Morgan fingerprint density at radius 3 is 2.04 bits per heavy atom. The van der Waals surface area contributed by atoms with Crippen molar-refractivity contribution < 1.29 is 4.92 Å². The van der Waals surface area contributed by atoms with Crippen LogP contribution in [0.15, 0.2) is 43.0 Å². The molecule has 0 aliphatic carbocycles. The largest absolute Gasteiger partial charge is 0.354 e. The normalized spacial score (nSPS) is 10.3. The summed E-state index contributed by atoms with van der Waals surface area (Å²) in [6.45, 7) is 1.89. The van der Waals surface area contributed by atoms with Crippen molar-refractivity contribution in [3.8, 4) is 0 Å². The second-order valence-corrected chi connectivity index (χ2v) is 5.45. The number of aromatic nitrogens is 4. The van der Waals surface area contributed by atoms with E-state index >= 15 is 0 Å². The Labute approximate surface area is 147 Å². The Morgan fingerprint density at radius 1 is 0.960 bits per heavy atom. The van der Waals surface area contributed by atoms with Gasteiger partial charge in [0.1, 0.15) is 18.0 Å². The fourth-order valence-electron chi connectivity index (χ4n) is 1.97. The fraction of sp³-hybridized carbons (Fsp3) is 0.0667. The van der Waals surface area contributed by atoms with E-state index in [9.17, 15) is 10.1 Å². The number of halogens is 1. The van der Waals surface area contributed by atoms with Gasteiger partial charge < -0.3 is 10.6 Å². The molecule has 0 aromatic carbocycles. The highest BCUT2D eigenvalue weighted by molar-refractivity contribution is 6.30. The first-order valence-electron chi connectivity index (χ1n) is 7.10. The zero-order valence-corrected chi connectivity index (χ0v) is 13.7. The molecule has 25 heavy (non-hydrogen) atoms. The van der Waals surface area contributed by atoms with Crippen molar-refractivity contribution >= 4 is 40.6 Å². The molecule has 126 valence electrons. The number of aryl methyl sites for hydroxylation is 1. The number of rotatable bonds is 5. The van der Waals surface area contributed by atoms with Gasteiger partial charge in [0, 0.05) is 12.4 Å². The Kier molecular flexibility index (Phi) is 4.66. The van der Waals surface area contributed by atoms with E-state index < -0.39 is 4.92 Å². The average molecular weight is 358 g/mol. The monoisotopic (exact) mass is 357 g/mol. The van der Waals surface area contributed by atoms with Crippen LogP contribution in [0.5, 0.6) is 0 Å². The highest BCUT2D eigenvalue weighted by Gasteiger charge is 2.23. The molecule has 10 heteroatoms. The lowest BCUT2D eigenvalue weighted by Gasteiger charge is -2.09. The Morgan fingerprint density at radius 2 is 1.56 bits per heavy atom. The van der Waals surface area contributed by atoms with Crippen molar-refractivity contribution in [3.63, 3.8) is 0 Å². The van der Waals surface area contributed by atoms with Crippen LogP contribution in [0.1, 0.15) is 5.56 Å². The summed E-state index contributed by atoms with van der Waals surface area (Å²) in [6, 6.07) is 6.73. The molecular formula is C15H12ClN7O2. The van der Waals surface area contributed by atoms with Crippen molar-refractivity contribution in [1.29, 1.82) is 0 Å². The molecule has 3 heterocycles. The van der Waals surface area contributed by atoms with Crippen LogP contribution in [-0.2, 0) is 0 Å². The van der Waals surface area contributed by atoms with Crippen LogP contribution < -0.4 is 10.6 Å². The molecular weight excluding hydrogens is 346 g/mol. The van der Waals surface area contributed by atoms with E-state index in [1.807, 2.05) is 13.0 Å². The highest BCUT2D eigenvalue weighted by atomic mass is 35.5. The standard InChI is InChI=1S/C15H12ClN7O2/c1-9-2-4-11(17-6-9)21-14-13(23(24)25)15(20-8-19-14)22-12-5-3-10(16)7-18-12/h2-8H,1H3,(H2,17,18,19,20,21,22). The van der Waals surface area contributed by atoms with Gasteiger partial charge in [-0.2, -0.15) is 0 Å². The molecule has 0 spiro atoms. The van der Waals surface area contributed by atoms with Crippen LogP contribution in [0, 0.1) is 17.0 Å². The summed E-state index contributed by atoms with van der Waals surface area (Å²) < 4.78 is 0. The van der Waals surface area contributed by atoms with Crippen molar-refractivity contribution in [1.82, 2.24) is 19.9 Å². The second kappa shape index (κ2) is 7.05.